The SMILES string of the molecule is [2H]c1c([2H])c(-c2ccc(C(F)(F)F)cc2)c(C)c([2H])c1CN(CCN(C([2H])([2H])C)C([2H])([2H])C)C(=O)Cn1c(SCc2ccc(F)cc2)nc(=O)c2c1CCC2.[2H]c1c([2H])c(C([2H])([2H])N(C(=O)Cn2c(SCc3ccc(F)cc3)nc(=O)c3c2CCC3)C([2H])([2H])C([2H])([2H])N(C([2H])([2H])C)C([2H])([2H])C)c([2H])c(C)c1-c1ccc(C(F)(F)F)cc1. The van der Waals surface area contributed by atoms with E-state index in [0.717, 1.165) is 46.5 Å². The second-order valence-electron chi connectivity index (χ2n) is 22.0. The second kappa shape index (κ2) is 32.9. The molecule has 0 saturated carbocycles. The third-order valence-electron chi connectivity index (χ3n) is 15.6. The fourth-order valence-electron chi connectivity index (χ4n) is 10.7. The van der Waals surface area contributed by atoms with Gasteiger partial charge in [-0.15, -0.1) is 0 Å². The molecule has 0 unspecified atom stereocenters. The van der Waals surface area contributed by atoms with Gasteiger partial charge in [0.15, 0.2) is 10.3 Å². The molecule has 0 radical (unpaired) electrons. The first-order valence-electron chi connectivity index (χ1n) is 40.2. The van der Waals surface area contributed by atoms with Crippen LogP contribution in [0.1, 0.15) is 135 Å². The van der Waals surface area contributed by atoms with Gasteiger partial charge in [0.25, 0.3) is 11.1 Å². The summed E-state index contributed by atoms with van der Waals surface area (Å²) in [6.45, 7) is -18.2. The van der Waals surface area contributed by atoms with Gasteiger partial charge in [-0.25, -0.2) is 8.78 Å². The van der Waals surface area contributed by atoms with E-state index >= 15 is 0 Å². The summed E-state index contributed by atoms with van der Waals surface area (Å²) in [5.74, 6) is -2.74. The number of thioether (sulfide) groups is 2. The third-order valence-corrected chi connectivity index (χ3v) is 17.7. The van der Waals surface area contributed by atoms with Crippen molar-refractivity contribution in [3.63, 3.8) is 0 Å². The van der Waals surface area contributed by atoms with Crippen molar-refractivity contribution in [2.24, 2.45) is 0 Å². The van der Waals surface area contributed by atoms with Gasteiger partial charge in [0.05, 0.1) is 24.8 Å². The zero-order chi connectivity index (χ0) is 86.6. The minimum absolute atomic E-state index is 0.0359. The molecule has 2 aliphatic rings. The van der Waals surface area contributed by atoms with E-state index in [4.69, 9.17) is 21.9 Å². The molecule has 0 N–H and O–H groups in total. The van der Waals surface area contributed by atoms with Crippen LogP contribution >= 0.6 is 23.5 Å². The summed E-state index contributed by atoms with van der Waals surface area (Å²) in [5, 5.41) is 0.128. The number of hydrogen-bond acceptors (Lipinski definition) is 10. The number of nitrogens with zero attached hydrogens (tertiary/aromatic N) is 8. The van der Waals surface area contributed by atoms with E-state index in [0.29, 0.717) is 74.2 Å². The lowest BCUT2D eigenvalue weighted by atomic mass is 9.97. The molecule has 508 valence electrons. The van der Waals surface area contributed by atoms with Crippen LogP contribution < -0.4 is 11.1 Å². The average molecular weight is 1380 g/mol. The van der Waals surface area contributed by atoms with Crippen LogP contribution in [0, 0.1) is 25.5 Å². The van der Waals surface area contributed by atoms with Crippen LogP contribution in [-0.4, -0.2) is 103 Å². The molecule has 2 amide bonds. The first kappa shape index (κ1) is 49.6. The van der Waals surface area contributed by atoms with Gasteiger partial charge in [0.2, 0.25) is 11.8 Å². The lowest BCUT2D eigenvalue weighted by Gasteiger charge is -2.28. The number of carbonyl (C=O) groups excluding carboxylic acids is 2. The number of hydrogen-bond donors (Lipinski definition) is 0. The van der Waals surface area contributed by atoms with Crippen molar-refractivity contribution in [2.45, 2.75) is 140 Å². The Morgan fingerprint density at radius 3 is 1.38 bits per heavy atom. The molecular formula is C74H80F8N8O4S2. The summed E-state index contributed by atoms with van der Waals surface area (Å²) in [4.78, 5) is 65.7. The van der Waals surface area contributed by atoms with E-state index in [9.17, 15) is 59.8 Å². The van der Waals surface area contributed by atoms with Crippen molar-refractivity contribution < 1.29 is 72.1 Å². The highest BCUT2D eigenvalue weighted by atomic mass is 32.2. The molecule has 2 aliphatic carbocycles. The normalized spacial score (nSPS) is 16.9. The summed E-state index contributed by atoms with van der Waals surface area (Å²) in [6, 6.07) is 14.6. The number of fused-ring (bicyclic) bond motifs is 2. The third kappa shape index (κ3) is 18.8. The molecule has 2 heterocycles. The largest absolute Gasteiger partial charge is 0.416 e. The van der Waals surface area contributed by atoms with E-state index in [2.05, 4.69) is 9.97 Å². The average Bonchev–Trinajstić information content (AvgIpc) is 0.715. The number of amides is 2. The molecule has 0 aliphatic heterocycles. The zero-order valence-corrected chi connectivity index (χ0v) is 54.6. The number of likely N-dealkylation sites (N-methyl/N-ethyl adjacent to an activating group) is 2. The van der Waals surface area contributed by atoms with Crippen LogP contribution in [0.15, 0.2) is 153 Å². The van der Waals surface area contributed by atoms with E-state index in [1.54, 1.807) is 16.7 Å². The van der Waals surface area contributed by atoms with Crippen molar-refractivity contribution in [3.05, 3.63) is 233 Å². The van der Waals surface area contributed by atoms with Crippen LogP contribution in [0.5, 0.6) is 0 Å². The van der Waals surface area contributed by atoms with Gasteiger partial charge in [-0.2, -0.15) is 36.3 Å². The molecule has 0 bridgehead atoms. The van der Waals surface area contributed by atoms with Crippen LogP contribution in [-0.2, 0) is 85.3 Å². The monoisotopic (exact) mass is 1380 g/mol. The summed E-state index contributed by atoms with van der Waals surface area (Å²) < 4.78 is 285. The number of benzene rings is 6. The van der Waals surface area contributed by atoms with Crippen molar-refractivity contribution >= 4 is 35.3 Å². The number of alkyl halides is 6. The Morgan fingerprint density at radius 2 is 0.948 bits per heavy atom. The van der Waals surface area contributed by atoms with Crippen LogP contribution in [0.25, 0.3) is 22.3 Å². The van der Waals surface area contributed by atoms with E-state index < -0.39 is 146 Å². The van der Waals surface area contributed by atoms with Gasteiger partial charge >= 0.3 is 12.4 Å². The molecule has 8 aromatic rings. The second-order valence-corrected chi connectivity index (χ2v) is 23.9. The topological polar surface area (TPSA) is 117 Å². The quantitative estimate of drug-likeness (QED) is 0.0295. The summed E-state index contributed by atoms with van der Waals surface area (Å²) >= 11 is 2.10. The number of rotatable bonds is 26. The maximum atomic E-state index is 14.9. The van der Waals surface area contributed by atoms with Crippen molar-refractivity contribution in [1.82, 2.24) is 38.7 Å². The van der Waals surface area contributed by atoms with Crippen molar-refractivity contribution in [3.8, 4) is 22.3 Å². The van der Waals surface area contributed by atoms with Crippen molar-refractivity contribution in [1.29, 1.82) is 0 Å². The van der Waals surface area contributed by atoms with Gasteiger partial charge in [-0.1, -0.05) is 136 Å². The summed E-state index contributed by atoms with van der Waals surface area (Å²) in [6.07, 6.45) is -6.84. The van der Waals surface area contributed by atoms with Crippen molar-refractivity contribution in [2.75, 3.05) is 52.1 Å². The van der Waals surface area contributed by atoms with Gasteiger partial charge in [0, 0.05) is 86.9 Å². The highest BCUT2D eigenvalue weighted by Crippen LogP contribution is 2.35. The first-order valence-corrected chi connectivity index (χ1v) is 32.1. The molecule has 0 fully saturated rings. The first-order chi connectivity index (χ1) is 53.4. The molecule has 6 aromatic carbocycles. The van der Waals surface area contributed by atoms with Gasteiger partial charge < -0.3 is 28.7 Å². The van der Waals surface area contributed by atoms with Gasteiger partial charge in [-0.05, 0) is 183 Å². The number of halogens is 8. The number of carbonyl (C=O) groups is 2. The Bertz CT molecular complexity index is 5060. The highest BCUT2D eigenvalue weighted by Gasteiger charge is 2.32. The van der Waals surface area contributed by atoms with Crippen LogP contribution in [0.4, 0.5) is 35.1 Å². The molecule has 0 atom stereocenters. The Morgan fingerprint density at radius 1 is 0.531 bits per heavy atom. The lowest BCUT2D eigenvalue weighted by Crippen LogP contribution is -2.40. The molecule has 96 heavy (non-hydrogen) atoms. The van der Waals surface area contributed by atoms with Crippen LogP contribution in [0.3, 0.4) is 0 Å². The molecule has 0 saturated heterocycles. The minimum atomic E-state index is -4.73. The Labute approximate surface area is 591 Å². The predicted octanol–water partition coefficient (Wildman–Crippen LogP) is 15.1. The molecule has 2 aromatic heterocycles. The minimum Gasteiger partial charge on any atom is -0.336 e. The Balaban J connectivity index is 0.000000266. The Hall–Kier alpha value is -7.92. The fraction of sp³-hybridized carbons (Fsp3) is 0.378. The zero-order valence-electron chi connectivity index (χ0n) is 73.0. The lowest BCUT2D eigenvalue weighted by molar-refractivity contribution is -0.138. The van der Waals surface area contributed by atoms with E-state index in [-0.39, 0.29) is 121 Å². The van der Waals surface area contributed by atoms with Gasteiger partial charge in [-0.3, -0.25) is 19.2 Å². The Kier molecular flexibility index (Phi) is 17.0. The standard InChI is InChI=1S/2C37H40F4N4O2S/c2*1-4-43(5-2)19-20-44(22-27-11-18-31(25(3)21-27)28-12-14-29(15-13-28)37(39,40)41)34(46)23-45-33-8-6-7-32(33)35(47)42-36(45)48-24-26-9-16-30(38)17-10-26/h2*9-18,21H,4-8,19-20,22-24H2,1-3H3/i4D2,5D2,11D,18D,19D2,20D2,21D,22D2;4D2,5D2,11D,18D,21D. The molecule has 22 heteroatoms. The molecule has 0 spiro atoms. The predicted molar refractivity (Wildman–Crippen MR) is 363 cm³/mol. The highest BCUT2D eigenvalue weighted by molar-refractivity contribution is 7.98. The fourth-order valence-corrected chi connectivity index (χ4v) is 12.6. The summed E-state index contributed by atoms with van der Waals surface area (Å²) in [7, 11) is 0. The maximum Gasteiger partial charge on any atom is 0.416 e. The van der Waals surface area contributed by atoms with E-state index in [1.165, 1.54) is 97.5 Å². The molecule has 12 nitrogen and oxygen atoms in total. The van der Waals surface area contributed by atoms with Gasteiger partial charge in [0.1, 0.15) is 24.7 Å². The van der Waals surface area contributed by atoms with E-state index in [1.807, 2.05) is 0 Å². The van der Waals surface area contributed by atoms with Crippen LogP contribution in [0.2, 0.25) is 0 Å². The maximum absolute atomic E-state index is 14.9. The smallest absolute Gasteiger partial charge is 0.336 e. The number of aromatic nitrogens is 4. The molecular weight excluding hydrogens is 1280 g/mol. The summed E-state index contributed by atoms with van der Waals surface area (Å²) in [5.41, 5.74) is -1.41. The molecule has 10 rings (SSSR count).